The van der Waals surface area contributed by atoms with Crippen LogP contribution in [-0.2, 0) is 21.9 Å². The highest BCUT2D eigenvalue weighted by Crippen LogP contribution is 2.20. The van der Waals surface area contributed by atoms with Crippen LogP contribution in [0.5, 0.6) is 0 Å². The van der Waals surface area contributed by atoms with Gasteiger partial charge >= 0.3 is 5.97 Å². The Balaban J connectivity index is 3.03. The molecule has 5 heteroatoms. The fraction of sp³-hybridized carbons (Fsp3) is 0.333. The molecule has 1 aromatic carbocycles. The molecule has 0 heterocycles. The van der Waals surface area contributed by atoms with Gasteiger partial charge in [0.2, 0.25) is 0 Å². The first-order valence-corrected chi connectivity index (χ1v) is 5.65. The van der Waals surface area contributed by atoms with E-state index in [0.29, 0.717) is 18.4 Å². The molecule has 2 N–H and O–H groups in total. The number of benzene rings is 1. The molecule has 0 saturated heterocycles. The molecule has 0 fully saturated rings. The van der Waals surface area contributed by atoms with Crippen LogP contribution in [-0.4, -0.2) is 22.5 Å². The van der Waals surface area contributed by atoms with Crippen molar-refractivity contribution in [1.29, 1.82) is 0 Å². The molecule has 0 amide bonds. The van der Waals surface area contributed by atoms with Crippen LogP contribution in [0.2, 0.25) is 0 Å². The molecule has 0 saturated carbocycles. The zero-order valence-electron chi connectivity index (χ0n) is 9.10. The largest absolute Gasteiger partial charge is 0.479 e. The van der Waals surface area contributed by atoms with E-state index in [1.54, 1.807) is 12.1 Å². The lowest BCUT2D eigenvalue weighted by atomic mass is 9.98. The molecular weight excluding hydrogens is 244 g/mol. The second-order valence-corrected chi connectivity index (χ2v) is 3.88. The minimum absolute atomic E-state index is 0.289. The Morgan fingerprint density at radius 1 is 1.41 bits per heavy atom. The summed E-state index contributed by atoms with van der Waals surface area (Å²) in [4.78, 5) is 21.0. The minimum Gasteiger partial charge on any atom is -0.479 e. The summed E-state index contributed by atoms with van der Waals surface area (Å²) in [5, 5.41) is 18.1. The number of alkyl halides is 1. The van der Waals surface area contributed by atoms with E-state index in [2.05, 4.69) is 0 Å². The fourth-order valence-electron chi connectivity index (χ4n) is 1.54. The molecule has 1 unspecified atom stereocenters. The van der Waals surface area contributed by atoms with Crippen LogP contribution in [0.15, 0.2) is 18.2 Å². The molecule has 1 atom stereocenters. The zero-order valence-corrected chi connectivity index (χ0v) is 9.85. The first-order chi connectivity index (χ1) is 8.10. The average Bonchev–Trinajstić information content (AvgIpc) is 2.34. The van der Waals surface area contributed by atoms with Crippen molar-refractivity contribution >= 4 is 23.9 Å². The van der Waals surface area contributed by atoms with Crippen LogP contribution in [0, 0.1) is 0 Å². The minimum atomic E-state index is -1.55. The first kappa shape index (κ1) is 13.7. The van der Waals surface area contributed by atoms with Gasteiger partial charge in [0.1, 0.15) is 6.29 Å². The maximum Gasteiger partial charge on any atom is 0.337 e. The van der Waals surface area contributed by atoms with Gasteiger partial charge in [-0.25, -0.2) is 4.79 Å². The maximum atomic E-state index is 10.6. The van der Waals surface area contributed by atoms with Gasteiger partial charge in [0.15, 0.2) is 6.10 Å². The number of halogens is 1. The quantitative estimate of drug-likeness (QED) is 0.600. The average molecular weight is 257 g/mol. The summed E-state index contributed by atoms with van der Waals surface area (Å²) in [6, 6.07) is 4.79. The van der Waals surface area contributed by atoms with Crippen molar-refractivity contribution in [3.05, 3.63) is 34.9 Å². The predicted octanol–water partition coefficient (Wildman–Crippen LogP) is 1.67. The van der Waals surface area contributed by atoms with E-state index in [1.807, 2.05) is 0 Å². The Bertz CT molecular complexity index is 417. The molecule has 0 aliphatic carbocycles. The number of hydrogen-bond acceptors (Lipinski definition) is 3. The van der Waals surface area contributed by atoms with Crippen molar-refractivity contribution in [3.63, 3.8) is 0 Å². The third kappa shape index (κ3) is 3.54. The molecule has 1 aromatic rings. The fourth-order valence-corrected chi connectivity index (χ4v) is 1.80. The molecule has 0 bridgehead atoms. The summed E-state index contributed by atoms with van der Waals surface area (Å²) in [6.45, 7) is 0. The topological polar surface area (TPSA) is 74.6 Å². The number of carbonyl (C=O) groups excluding carboxylic acids is 1. The number of aryl methyl sites for hydroxylation is 1. The summed E-state index contributed by atoms with van der Waals surface area (Å²) in [6.07, 6.45) is 0.0787. The number of aldehydes is 1. The number of aliphatic hydroxyl groups excluding tert-OH is 1. The molecule has 0 aliphatic heterocycles. The Hall–Kier alpha value is -1.39. The van der Waals surface area contributed by atoms with Crippen molar-refractivity contribution < 1.29 is 19.8 Å². The first-order valence-electron chi connectivity index (χ1n) is 5.12. The molecular formula is C12H13ClO4. The Morgan fingerprint density at radius 2 is 2.12 bits per heavy atom. The van der Waals surface area contributed by atoms with Gasteiger partial charge < -0.3 is 15.0 Å². The molecule has 0 aliphatic rings. The van der Waals surface area contributed by atoms with E-state index in [9.17, 15) is 14.7 Å². The van der Waals surface area contributed by atoms with E-state index in [1.165, 1.54) is 6.07 Å². The standard InChI is InChI=1S/C12H13ClO4/c13-7-10-4-3-9(11(15)12(16)17)6-8(10)2-1-5-14/h3-6,11,15H,1-2,7H2,(H,16,17). The van der Waals surface area contributed by atoms with Crippen molar-refractivity contribution in [3.8, 4) is 0 Å². The van der Waals surface area contributed by atoms with Crippen LogP contribution in [0.25, 0.3) is 0 Å². The Labute approximate surface area is 104 Å². The molecule has 0 spiro atoms. The second kappa shape index (κ2) is 6.37. The Morgan fingerprint density at radius 3 is 2.65 bits per heavy atom. The smallest absolute Gasteiger partial charge is 0.337 e. The number of aliphatic hydroxyl groups is 1. The summed E-state index contributed by atoms with van der Waals surface area (Å²) in [5.74, 6) is -1.01. The molecule has 1 rings (SSSR count). The van der Waals surface area contributed by atoms with Crippen molar-refractivity contribution in [1.82, 2.24) is 0 Å². The van der Waals surface area contributed by atoms with Crippen molar-refractivity contribution in [2.24, 2.45) is 0 Å². The van der Waals surface area contributed by atoms with Crippen LogP contribution in [0.4, 0.5) is 0 Å². The van der Waals surface area contributed by atoms with Crippen LogP contribution in [0.1, 0.15) is 29.2 Å². The molecule has 17 heavy (non-hydrogen) atoms. The second-order valence-electron chi connectivity index (χ2n) is 3.61. The number of carbonyl (C=O) groups is 2. The van der Waals surface area contributed by atoms with Gasteiger partial charge in [-0.15, -0.1) is 11.6 Å². The molecule has 4 nitrogen and oxygen atoms in total. The van der Waals surface area contributed by atoms with Gasteiger partial charge in [0.25, 0.3) is 0 Å². The lowest BCUT2D eigenvalue weighted by Crippen LogP contribution is -2.11. The molecule has 0 radical (unpaired) electrons. The van der Waals surface area contributed by atoms with Gasteiger partial charge in [-0.3, -0.25) is 0 Å². The van der Waals surface area contributed by atoms with Gasteiger partial charge in [-0.1, -0.05) is 18.2 Å². The van der Waals surface area contributed by atoms with Crippen molar-refractivity contribution in [2.75, 3.05) is 0 Å². The predicted molar refractivity (Wildman–Crippen MR) is 63.0 cm³/mol. The summed E-state index contributed by atoms with van der Waals surface area (Å²) < 4.78 is 0. The van der Waals surface area contributed by atoms with Crippen LogP contribution in [0.3, 0.4) is 0 Å². The van der Waals surface area contributed by atoms with Gasteiger partial charge in [0, 0.05) is 12.3 Å². The van der Waals surface area contributed by atoms with Crippen molar-refractivity contribution in [2.45, 2.75) is 24.8 Å². The Kier molecular flexibility index (Phi) is 5.12. The lowest BCUT2D eigenvalue weighted by Gasteiger charge is -2.11. The number of carboxylic acids is 1. The maximum absolute atomic E-state index is 10.6. The van der Waals surface area contributed by atoms with E-state index in [4.69, 9.17) is 16.7 Å². The summed E-state index contributed by atoms with van der Waals surface area (Å²) in [7, 11) is 0. The summed E-state index contributed by atoms with van der Waals surface area (Å²) in [5.41, 5.74) is 1.94. The number of aliphatic carboxylic acids is 1. The van der Waals surface area contributed by atoms with E-state index in [-0.39, 0.29) is 5.88 Å². The van der Waals surface area contributed by atoms with E-state index < -0.39 is 12.1 Å². The monoisotopic (exact) mass is 256 g/mol. The molecule has 0 aromatic heterocycles. The van der Waals surface area contributed by atoms with E-state index >= 15 is 0 Å². The number of hydrogen-bond donors (Lipinski definition) is 2. The van der Waals surface area contributed by atoms with Gasteiger partial charge in [-0.2, -0.15) is 0 Å². The SMILES string of the molecule is O=CCCc1cc(C(O)C(=O)O)ccc1CCl. The molecule has 92 valence electrons. The zero-order chi connectivity index (χ0) is 12.8. The highest BCUT2D eigenvalue weighted by atomic mass is 35.5. The highest BCUT2D eigenvalue weighted by Gasteiger charge is 2.16. The lowest BCUT2D eigenvalue weighted by molar-refractivity contribution is -0.146. The normalized spacial score (nSPS) is 12.1. The van der Waals surface area contributed by atoms with Crippen LogP contribution < -0.4 is 0 Å². The third-order valence-electron chi connectivity index (χ3n) is 2.46. The number of carboxylic acid groups (broad SMARTS) is 1. The van der Waals surface area contributed by atoms with Gasteiger partial charge in [-0.05, 0) is 23.1 Å². The van der Waals surface area contributed by atoms with Gasteiger partial charge in [0.05, 0.1) is 0 Å². The third-order valence-corrected chi connectivity index (χ3v) is 2.74. The van der Waals surface area contributed by atoms with Crippen LogP contribution >= 0.6 is 11.6 Å². The summed E-state index contributed by atoms with van der Waals surface area (Å²) >= 11 is 5.74. The highest BCUT2D eigenvalue weighted by molar-refractivity contribution is 6.17. The number of rotatable bonds is 6. The van der Waals surface area contributed by atoms with E-state index in [0.717, 1.165) is 17.4 Å².